The zero-order valence-electron chi connectivity index (χ0n) is 8.90. The lowest BCUT2D eigenvalue weighted by Crippen LogP contribution is -2.16. The lowest BCUT2D eigenvalue weighted by atomic mass is 10.2. The largest absolute Gasteiger partial charge is 0.379 e. The highest BCUT2D eigenvalue weighted by atomic mass is 19.1. The molecular weight excluding hydrogens is 227 g/mol. The molecule has 7 heteroatoms. The molecule has 0 radical (unpaired) electrons. The van der Waals surface area contributed by atoms with E-state index in [2.05, 4.69) is 20.3 Å². The van der Waals surface area contributed by atoms with E-state index in [1.807, 2.05) is 0 Å². The van der Waals surface area contributed by atoms with E-state index in [1.165, 1.54) is 6.07 Å². The number of hydrogen-bond donors (Lipinski definition) is 2. The summed E-state index contributed by atoms with van der Waals surface area (Å²) in [6.07, 6.45) is 0. The Morgan fingerprint density at radius 3 is 2.82 bits per heavy atom. The van der Waals surface area contributed by atoms with Crippen molar-refractivity contribution in [3.63, 3.8) is 0 Å². The van der Waals surface area contributed by atoms with Crippen molar-refractivity contribution in [2.24, 2.45) is 0 Å². The molecule has 2 rings (SSSR count). The Bertz CT molecular complexity index is 547. The van der Waals surface area contributed by atoms with Crippen LogP contribution in [-0.2, 0) is 0 Å². The van der Waals surface area contributed by atoms with Crippen LogP contribution in [0.3, 0.4) is 0 Å². The minimum absolute atomic E-state index is 0.0832. The van der Waals surface area contributed by atoms with E-state index in [4.69, 9.17) is 5.73 Å². The minimum atomic E-state index is -0.669. The van der Waals surface area contributed by atoms with Crippen LogP contribution in [0.15, 0.2) is 22.8 Å². The van der Waals surface area contributed by atoms with Crippen LogP contribution in [0.5, 0.6) is 0 Å². The van der Waals surface area contributed by atoms with E-state index in [9.17, 15) is 9.18 Å². The highest BCUT2D eigenvalue weighted by Crippen LogP contribution is 2.19. The molecule has 1 aromatic heterocycles. The summed E-state index contributed by atoms with van der Waals surface area (Å²) in [7, 11) is 0. The van der Waals surface area contributed by atoms with Gasteiger partial charge in [-0.25, -0.2) is 9.02 Å². The summed E-state index contributed by atoms with van der Waals surface area (Å²) < 4.78 is 17.7. The van der Waals surface area contributed by atoms with Crippen LogP contribution >= 0.6 is 0 Å². The molecule has 3 N–H and O–H groups in total. The van der Waals surface area contributed by atoms with Crippen LogP contribution in [-0.4, -0.2) is 16.2 Å². The monoisotopic (exact) mass is 236 g/mol. The Morgan fingerprint density at radius 2 is 2.24 bits per heavy atom. The molecular formula is C10H9FN4O2. The molecule has 6 nitrogen and oxygen atoms in total. The Morgan fingerprint density at radius 1 is 1.47 bits per heavy atom. The first-order valence-corrected chi connectivity index (χ1v) is 4.74. The second-order valence-electron chi connectivity index (χ2n) is 3.38. The van der Waals surface area contributed by atoms with Gasteiger partial charge in [0.15, 0.2) is 0 Å². The minimum Gasteiger partial charge on any atom is -0.379 e. The molecule has 1 aromatic carbocycles. The number of nitrogen functional groups attached to an aromatic ring is 1. The van der Waals surface area contributed by atoms with E-state index in [1.54, 1.807) is 19.1 Å². The Kier molecular flexibility index (Phi) is 2.73. The van der Waals surface area contributed by atoms with Crippen molar-refractivity contribution in [3.05, 3.63) is 35.3 Å². The van der Waals surface area contributed by atoms with Crippen molar-refractivity contribution in [1.82, 2.24) is 10.3 Å². The lowest BCUT2D eigenvalue weighted by Gasteiger charge is -2.07. The Balaban J connectivity index is 2.28. The summed E-state index contributed by atoms with van der Waals surface area (Å²) in [5.41, 5.74) is 5.85. The Labute approximate surface area is 95.6 Å². The number of carbonyl (C=O) groups is 1. The zero-order chi connectivity index (χ0) is 12.4. The van der Waals surface area contributed by atoms with Crippen molar-refractivity contribution in [1.29, 1.82) is 0 Å². The van der Waals surface area contributed by atoms with Gasteiger partial charge < -0.3 is 11.1 Å². The van der Waals surface area contributed by atoms with Crippen molar-refractivity contribution < 1.29 is 13.8 Å². The molecule has 2 aromatic rings. The second-order valence-corrected chi connectivity index (χ2v) is 3.38. The van der Waals surface area contributed by atoms with Crippen molar-refractivity contribution in [2.45, 2.75) is 6.92 Å². The predicted molar refractivity (Wildman–Crippen MR) is 57.8 cm³/mol. The Hall–Kier alpha value is -2.44. The number of hydrogen-bond acceptors (Lipinski definition) is 5. The maximum absolute atomic E-state index is 13.4. The number of nitrogens with one attached hydrogen (secondary N) is 1. The molecule has 0 aliphatic carbocycles. The van der Waals surface area contributed by atoms with Gasteiger partial charge in [0.05, 0.1) is 5.69 Å². The van der Waals surface area contributed by atoms with E-state index < -0.39 is 11.7 Å². The average molecular weight is 236 g/mol. The molecule has 0 aliphatic rings. The van der Waals surface area contributed by atoms with Gasteiger partial charge in [-0.1, -0.05) is 12.1 Å². The first kappa shape index (κ1) is 11.1. The first-order chi connectivity index (χ1) is 8.09. The van der Waals surface area contributed by atoms with Crippen molar-refractivity contribution in [3.8, 4) is 0 Å². The number of amides is 1. The summed E-state index contributed by atoms with van der Waals surface area (Å²) in [4.78, 5) is 11.7. The van der Waals surface area contributed by atoms with Gasteiger partial charge in [0.2, 0.25) is 11.5 Å². The number of aryl methyl sites for hydroxylation is 1. The number of halogens is 1. The van der Waals surface area contributed by atoms with Gasteiger partial charge in [-0.15, -0.1) is 0 Å². The quantitative estimate of drug-likeness (QED) is 0.820. The summed E-state index contributed by atoms with van der Waals surface area (Å²) in [5, 5.41) is 8.95. The van der Waals surface area contributed by atoms with Gasteiger partial charge in [0.1, 0.15) is 5.82 Å². The number of anilines is 2. The van der Waals surface area contributed by atoms with Gasteiger partial charge in [-0.05, 0) is 28.9 Å². The molecule has 0 bridgehead atoms. The fraction of sp³-hybridized carbons (Fsp3) is 0.100. The lowest BCUT2D eigenvalue weighted by molar-refractivity contribution is 0.101. The fourth-order valence-corrected chi connectivity index (χ4v) is 1.32. The van der Waals surface area contributed by atoms with Crippen LogP contribution in [0.2, 0.25) is 0 Å². The number of benzene rings is 1. The van der Waals surface area contributed by atoms with Gasteiger partial charge in [-0.3, -0.25) is 4.79 Å². The molecule has 0 saturated carbocycles. The second kappa shape index (κ2) is 4.20. The third-order valence-corrected chi connectivity index (χ3v) is 2.19. The molecule has 0 saturated heterocycles. The summed E-state index contributed by atoms with van der Waals surface area (Å²) >= 11 is 0. The fourth-order valence-electron chi connectivity index (χ4n) is 1.32. The average Bonchev–Trinajstić information content (AvgIpc) is 2.70. The predicted octanol–water partition coefficient (Wildman–Crippen LogP) is 1.35. The topological polar surface area (TPSA) is 94.0 Å². The molecule has 0 unspecified atom stereocenters. The van der Waals surface area contributed by atoms with Gasteiger partial charge in [0, 0.05) is 0 Å². The van der Waals surface area contributed by atoms with Crippen LogP contribution in [0, 0.1) is 12.7 Å². The van der Waals surface area contributed by atoms with E-state index in [-0.39, 0.29) is 17.2 Å². The summed E-state index contributed by atoms with van der Waals surface area (Å²) in [6, 6.07) is 4.46. The number of rotatable bonds is 2. The molecule has 1 heterocycles. The zero-order valence-corrected chi connectivity index (χ0v) is 8.90. The number of carbonyl (C=O) groups excluding carboxylic acids is 1. The van der Waals surface area contributed by atoms with E-state index in [0.29, 0.717) is 5.56 Å². The molecule has 0 fully saturated rings. The molecule has 0 atom stereocenters. The number of para-hydroxylation sites is 1. The molecule has 17 heavy (non-hydrogen) atoms. The van der Waals surface area contributed by atoms with Crippen LogP contribution in [0.1, 0.15) is 16.1 Å². The molecule has 1 amide bonds. The molecule has 0 spiro atoms. The highest BCUT2D eigenvalue weighted by molar-refractivity contribution is 6.05. The normalized spacial score (nSPS) is 10.2. The maximum atomic E-state index is 13.4. The van der Waals surface area contributed by atoms with Gasteiger partial charge in [-0.2, -0.15) is 0 Å². The van der Waals surface area contributed by atoms with E-state index in [0.717, 1.165) is 0 Å². The number of nitrogens with zero attached hydrogens (tertiary/aromatic N) is 2. The third-order valence-electron chi connectivity index (χ3n) is 2.19. The number of nitrogens with two attached hydrogens (primary N) is 1. The van der Waals surface area contributed by atoms with Gasteiger partial charge in [0.25, 0.3) is 5.91 Å². The third kappa shape index (κ3) is 2.07. The van der Waals surface area contributed by atoms with Crippen molar-refractivity contribution >= 4 is 17.4 Å². The van der Waals surface area contributed by atoms with Crippen LogP contribution in [0.4, 0.5) is 15.9 Å². The summed E-state index contributed by atoms with van der Waals surface area (Å²) in [5.74, 6) is -1.35. The first-order valence-electron chi connectivity index (χ1n) is 4.74. The van der Waals surface area contributed by atoms with Crippen LogP contribution < -0.4 is 11.1 Å². The molecule has 0 aliphatic heterocycles. The highest BCUT2D eigenvalue weighted by Gasteiger charge is 2.18. The standard InChI is InChI=1S/C10H9FN4O2/c1-5-3-2-4-6(11)7(5)13-10(16)8-9(12)15-17-14-8/h2-4H,1H3,(H2,12,15)(H,13,16). The molecule has 88 valence electrons. The van der Waals surface area contributed by atoms with Crippen LogP contribution in [0.25, 0.3) is 0 Å². The van der Waals surface area contributed by atoms with Crippen molar-refractivity contribution in [2.75, 3.05) is 11.1 Å². The number of aromatic nitrogens is 2. The summed E-state index contributed by atoms with van der Waals surface area (Å²) in [6.45, 7) is 1.67. The van der Waals surface area contributed by atoms with E-state index >= 15 is 0 Å². The smallest absolute Gasteiger partial charge is 0.281 e. The SMILES string of the molecule is Cc1cccc(F)c1NC(=O)c1nonc1N. The van der Waals surface area contributed by atoms with Gasteiger partial charge >= 0.3 is 0 Å². The maximum Gasteiger partial charge on any atom is 0.281 e.